The average Bonchev–Trinajstić information content (AvgIpc) is 1.86. The van der Waals surface area contributed by atoms with Gasteiger partial charge < -0.3 is 10.4 Å². The summed E-state index contributed by atoms with van der Waals surface area (Å²) in [7, 11) is 0. The molecule has 0 aromatic carbocycles. The number of carbonyl (C=O) groups is 1. The number of amides is 1. The van der Waals surface area contributed by atoms with Crippen molar-refractivity contribution in [2.75, 3.05) is 0 Å². The lowest BCUT2D eigenvalue weighted by atomic mass is 10.2. The second-order valence-electron chi connectivity index (χ2n) is 2.41. The summed E-state index contributed by atoms with van der Waals surface area (Å²) in [4.78, 5) is 10.0. The lowest BCUT2D eigenvalue weighted by Crippen LogP contribution is -2.28. The first-order valence-corrected chi connectivity index (χ1v) is 4.72. The Kier molecular flexibility index (Phi) is 6.31. The van der Waals surface area contributed by atoms with Gasteiger partial charge in [-0.15, -0.1) is 0 Å². The van der Waals surface area contributed by atoms with Crippen LogP contribution in [-0.4, -0.2) is 16.2 Å². The molecule has 0 aromatic heterocycles. The summed E-state index contributed by atoms with van der Waals surface area (Å²) in [6, 6.07) is 0. The van der Waals surface area contributed by atoms with E-state index >= 15 is 0 Å². The van der Waals surface area contributed by atoms with E-state index in [-0.39, 0.29) is 4.95 Å². The van der Waals surface area contributed by atoms with E-state index < -0.39 is 6.09 Å². The highest BCUT2D eigenvalue weighted by Gasteiger charge is 2.04. The molecule has 1 amide bonds. The van der Waals surface area contributed by atoms with E-state index in [0.29, 0.717) is 0 Å². The molecule has 1 unspecified atom stereocenters. The third-order valence-corrected chi connectivity index (χ3v) is 2.03. The highest BCUT2D eigenvalue weighted by Crippen LogP contribution is 2.07. The fourth-order valence-corrected chi connectivity index (χ4v) is 1.30. The normalized spacial score (nSPS) is 12.5. The molecule has 0 aliphatic heterocycles. The molecule has 3 nitrogen and oxygen atoms in total. The van der Waals surface area contributed by atoms with Crippen LogP contribution >= 0.6 is 15.9 Å². The Bertz CT molecular complexity index is 119. The topological polar surface area (TPSA) is 49.3 Å². The van der Waals surface area contributed by atoms with Crippen molar-refractivity contribution in [2.45, 2.75) is 37.6 Å². The van der Waals surface area contributed by atoms with Crippen molar-refractivity contribution in [2.24, 2.45) is 0 Å². The lowest BCUT2D eigenvalue weighted by Gasteiger charge is -2.07. The first kappa shape index (κ1) is 10.8. The molecule has 0 aliphatic rings. The van der Waals surface area contributed by atoms with Crippen LogP contribution in [0.15, 0.2) is 0 Å². The van der Waals surface area contributed by atoms with Crippen LogP contribution in [0.25, 0.3) is 0 Å². The molecule has 0 rings (SSSR count). The second kappa shape index (κ2) is 6.46. The second-order valence-corrected chi connectivity index (χ2v) is 3.52. The maximum Gasteiger partial charge on any atom is 0.405 e. The molecule has 0 saturated heterocycles. The SMILES string of the molecule is CCCCCC(Br)NC(=O)O. The van der Waals surface area contributed by atoms with Crippen molar-refractivity contribution in [1.29, 1.82) is 0 Å². The Hall–Kier alpha value is -0.250. The van der Waals surface area contributed by atoms with Gasteiger partial charge in [-0.3, -0.25) is 0 Å². The van der Waals surface area contributed by atoms with Gasteiger partial charge >= 0.3 is 6.09 Å². The summed E-state index contributed by atoms with van der Waals surface area (Å²) in [5.41, 5.74) is 0. The van der Waals surface area contributed by atoms with Gasteiger partial charge in [0, 0.05) is 0 Å². The lowest BCUT2D eigenvalue weighted by molar-refractivity contribution is 0.193. The molecule has 0 bridgehead atoms. The molecule has 0 spiro atoms. The van der Waals surface area contributed by atoms with Gasteiger partial charge in [0.05, 0.1) is 4.95 Å². The highest BCUT2D eigenvalue weighted by atomic mass is 79.9. The van der Waals surface area contributed by atoms with E-state index in [1.54, 1.807) is 0 Å². The smallest absolute Gasteiger partial charge is 0.405 e. The highest BCUT2D eigenvalue weighted by molar-refractivity contribution is 9.09. The van der Waals surface area contributed by atoms with E-state index in [1.807, 2.05) is 0 Å². The van der Waals surface area contributed by atoms with Crippen LogP contribution in [0.3, 0.4) is 0 Å². The van der Waals surface area contributed by atoms with Gasteiger partial charge in [0.15, 0.2) is 0 Å². The molecule has 66 valence electrons. The average molecular weight is 224 g/mol. The molecule has 0 fully saturated rings. The summed E-state index contributed by atoms with van der Waals surface area (Å²) in [5, 5.41) is 10.6. The Balaban J connectivity index is 3.22. The quantitative estimate of drug-likeness (QED) is 0.428. The Labute approximate surface area is 75.3 Å². The summed E-state index contributed by atoms with van der Waals surface area (Å²) in [6.07, 6.45) is 3.27. The Morgan fingerprint density at radius 3 is 2.73 bits per heavy atom. The molecule has 0 heterocycles. The van der Waals surface area contributed by atoms with Gasteiger partial charge in [-0.2, -0.15) is 0 Å². The van der Waals surface area contributed by atoms with Crippen molar-refractivity contribution in [3.63, 3.8) is 0 Å². The number of carboxylic acid groups (broad SMARTS) is 1. The van der Waals surface area contributed by atoms with E-state index in [9.17, 15) is 4.79 Å². The predicted octanol–water partition coefficient (Wildman–Crippen LogP) is 2.56. The van der Waals surface area contributed by atoms with E-state index in [4.69, 9.17) is 5.11 Å². The molecular formula is C7H14BrNO2. The van der Waals surface area contributed by atoms with E-state index in [2.05, 4.69) is 28.2 Å². The van der Waals surface area contributed by atoms with E-state index in [1.165, 1.54) is 0 Å². The first-order valence-electron chi connectivity index (χ1n) is 3.80. The van der Waals surface area contributed by atoms with Crippen LogP contribution < -0.4 is 5.32 Å². The van der Waals surface area contributed by atoms with Crippen LogP contribution in [0.2, 0.25) is 0 Å². The zero-order valence-electron chi connectivity index (χ0n) is 6.64. The van der Waals surface area contributed by atoms with E-state index in [0.717, 1.165) is 25.7 Å². The monoisotopic (exact) mass is 223 g/mol. The van der Waals surface area contributed by atoms with Gasteiger partial charge in [-0.25, -0.2) is 4.79 Å². The van der Waals surface area contributed by atoms with Crippen molar-refractivity contribution >= 4 is 22.0 Å². The van der Waals surface area contributed by atoms with Crippen molar-refractivity contribution in [1.82, 2.24) is 5.32 Å². The van der Waals surface area contributed by atoms with Crippen LogP contribution in [0, 0.1) is 0 Å². The predicted molar refractivity (Wildman–Crippen MR) is 48.0 cm³/mol. The number of halogens is 1. The molecule has 0 radical (unpaired) electrons. The molecule has 2 N–H and O–H groups in total. The van der Waals surface area contributed by atoms with Crippen LogP contribution in [0.4, 0.5) is 4.79 Å². The first-order chi connectivity index (χ1) is 5.16. The third-order valence-electron chi connectivity index (χ3n) is 1.34. The van der Waals surface area contributed by atoms with Gasteiger partial charge in [-0.05, 0) is 6.42 Å². The summed E-state index contributed by atoms with van der Waals surface area (Å²) in [6.45, 7) is 2.12. The molecular weight excluding hydrogens is 210 g/mol. The zero-order chi connectivity index (χ0) is 8.69. The van der Waals surface area contributed by atoms with Crippen LogP contribution in [-0.2, 0) is 0 Å². The number of unbranched alkanes of at least 4 members (excludes halogenated alkanes) is 2. The number of nitrogens with one attached hydrogen (secondary N) is 1. The maximum absolute atomic E-state index is 10.1. The van der Waals surface area contributed by atoms with Gasteiger partial charge in [0.2, 0.25) is 0 Å². The Morgan fingerprint density at radius 1 is 1.64 bits per heavy atom. The van der Waals surface area contributed by atoms with Crippen molar-refractivity contribution < 1.29 is 9.90 Å². The van der Waals surface area contributed by atoms with Crippen LogP contribution in [0.1, 0.15) is 32.6 Å². The standard InChI is InChI=1S/C7H14BrNO2/c1-2-3-4-5-6(8)9-7(10)11/h6,9H,2-5H2,1H3,(H,10,11). The molecule has 0 aliphatic carbocycles. The molecule has 11 heavy (non-hydrogen) atoms. The molecule has 4 heteroatoms. The molecule has 1 atom stereocenters. The Morgan fingerprint density at radius 2 is 2.27 bits per heavy atom. The fraction of sp³-hybridized carbons (Fsp3) is 0.857. The summed E-state index contributed by atoms with van der Waals surface area (Å²) < 4.78 is 0. The minimum atomic E-state index is -0.969. The fourth-order valence-electron chi connectivity index (χ4n) is 0.780. The van der Waals surface area contributed by atoms with Crippen molar-refractivity contribution in [3.05, 3.63) is 0 Å². The van der Waals surface area contributed by atoms with Gasteiger partial charge in [-0.1, -0.05) is 42.1 Å². The number of hydrogen-bond acceptors (Lipinski definition) is 1. The minimum absolute atomic E-state index is 0.0912. The maximum atomic E-state index is 10.1. The summed E-state index contributed by atoms with van der Waals surface area (Å²) >= 11 is 3.22. The third kappa shape index (κ3) is 7.65. The zero-order valence-corrected chi connectivity index (χ0v) is 8.23. The van der Waals surface area contributed by atoms with Crippen molar-refractivity contribution in [3.8, 4) is 0 Å². The summed E-state index contributed by atoms with van der Waals surface area (Å²) in [5.74, 6) is 0. The van der Waals surface area contributed by atoms with Gasteiger partial charge in [0.1, 0.15) is 0 Å². The number of rotatable bonds is 5. The number of hydrogen-bond donors (Lipinski definition) is 2. The molecule has 0 aromatic rings. The molecule has 0 saturated carbocycles. The largest absolute Gasteiger partial charge is 0.465 e. The van der Waals surface area contributed by atoms with Crippen LogP contribution in [0.5, 0.6) is 0 Å². The minimum Gasteiger partial charge on any atom is -0.465 e. The van der Waals surface area contributed by atoms with Gasteiger partial charge in [0.25, 0.3) is 0 Å². The number of alkyl halides is 1.